The number of nitrogens with two attached hydrogens (primary N) is 1. The molecule has 2 N–H and O–H groups in total. The first-order valence-corrected chi connectivity index (χ1v) is 19.4. The van der Waals surface area contributed by atoms with Gasteiger partial charge in [-0.25, -0.2) is 0 Å². The van der Waals surface area contributed by atoms with Gasteiger partial charge in [-0.05, 0) is 37.6 Å². The van der Waals surface area contributed by atoms with Crippen LogP contribution < -0.4 is 5.73 Å². The Kier molecular flexibility index (Phi) is 38.6. The standard InChI is InChI=1S/C39H81N.ClH/c1-4-7-10-13-16-19-22-25-28-31-34-39(37-38-40,35-32-29-26-23-20-17-14-11-8-5-2)36-33-30-27-24-21-18-15-12-9-6-3;/h4-38,40H2,1-3H3;1H. The molecule has 0 heterocycles. The van der Waals surface area contributed by atoms with Crippen molar-refractivity contribution in [3.05, 3.63) is 0 Å². The minimum absolute atomic E-state index is 0. The average Bonchev–Trinajstić information content (AvgIpc) is 2.96. The van der Waals surface area contributed by atoms with Crippen LogP contribution in [0.15, 0.2) is 0 Å². The maximum Gasteiger partial charge on any atom is -0.00720 e. The molecular formula is C39H82ClN. The molecule has 0 bridgehead atoms. The molecule has 0 saturated carbocycles. The van der Waals surface area contributed by atoms with Crippen molar-refractivity contribution in [1.29, 1.82) is 0 Å². The van der Waals surface area contributed by atoms with Crippen molar-refractivity contribution in [3.8, 4) is 0 Å². The third-order valence-corrected chi connectivity index (χ3v) is 9.86. The lowest BCUT2D eigenvalue weighted by Crippen LogP contribution is -2.25. The molecule has 0 aliphatic carbocycles. The second-order valence-corrected chi connectivity index (χ2v) is 13.8. The molecule has 0 aliphatic rings. The van der Waals surface area contributed by atoms with Crippen LogP contribution in [-0.4, -0.2) is 6.54 Å². The first-order valence-electron chi connectivity index (χ1n) is 19.4. The molecule has 0 aromatic heterocycles. The van der Waals surface area contributed by atoms with Crippen molar-refractivity contribution in [3.63, 3.8) is 0 Å². The molecule has 0 saturated heterocycles. The second kappa shape index (κ2) is 36.4. The second-order valence-electron chi connectivity index (χ2n) is 13.8. The van der Waals surface area contributed by atoms with Crippen LogP contribution in [0.1, 0.15) is 239 Å². The van der Waals surface area contributed by atoms with Crippen molar-refractivity contribution in [2.75, 3.05) is 6.54 Å². The summed E-state index contributed by atoms with van der Waals surface area (Å²) >= 11 is 0. The molecule has 1 nitrogen and oxygen atoms in total. The Labute approximate surface area is 268 Å². The number of hydrogen-bond donors (Lipinski definition) is 1. The summed E-state index contributed by atoms with van der Waals surface area (Å²) in [5.74, 6) is 0. The van der Waals surface area contributed by atoms with Gasteiger partial charge in [-0.2, -0.15) is 0 Å². The first kappa shape index (κ1) is 43.4. The van der Waals surface area contributed by atoms with Gasteiger partial charge >= 0.3 is 0 Å². The van der Waals surface area contributed by atoms with Crippen LogP contribution in [0.3, 0.4) is 0 Å². The molecule has 0 aromatic rings. The summed E-state index contributed by atoms with van der Waals surface area (Å²) in [5.41, 5.74) is 6.83. The van der Waals surface area contributed by atoms with E-state index in [0.29, 0.717) is 5.41 Å². The van der Waals surface area contributed by atoms with Crippen molar-refractivity contribution in [1.82, 2.24) is 0 Å². The van der Waals surface area contributed by atoms with E-state index in [1.165, 1.54) is 218 Å². The van der Waals surface area contributed by atoms with Crippen LogP contribution in [0, 0.1) is 5.41 Å². The summed E-state index contributed by atoms with van der Waals surface area (Å²) in [6, 6.07) is 0. The van der Waals surface area contributed by atoms with Crippen LogP contribution in [0.25, 0.3) is 0 Å². The molecule has 0 unspecified atom stereocenters. The normalized spacial score (nSPS) is 11.7. The number of halogens is 1. The lowest BCUT2D eigenvalue weighted by molar-refractivity contribution is 0.181. The Morgan fingerprint density at radius 2 is 0.488 bits per heavy atom. The van der Waals surface area contributed by atoms with E-state index in [4.69, 9.17) is 5.73 Å². The van der Waals surface area contributed by atoms with E-state index < -0.39 is 0 Å². The lowest BCUT2D eigenvalue weighted by atomic mass is 9.71. The maximum absolute atomic E-state index is 6.27. The van der Waals surface area contributed by atoms with Crippen LogP contribution in [0.5, 0.6) is 0 Å². The van der Waals surface area contributed by atoms with E-state index in [1.807, 2.05) is 0 Å². The third-order valence-electron chi connectivity index (χ3n) is 9.86. The quantitative estimate of drug-likeness (QED) is 0.0720. The molecule has 0 aromatic carbocycles. The van der Waals surface area contributed by atoms with E-state index in [2.05, 4.69) is 20.8 Å². The van der Waals surface area contributed by atoms with Gasteiger partial charge in [0.05, 0.1) is 0 Å². The largest absolute Gasteiger partial charge is 0.330 e. The summed E-state index contributed by atoms with van der Waals surface area (Å²) in [5, 5.41) is 0. The lowest BCUT2D eigenvalue weighted by Gasteiger charge is -2.34. The SMILES string of the molecule is CCCCCCCCCCCCC(CCN)(CCCCCCCCCCCC)CCCCCCCCCCCC.Cl. The van der Waals surface area contributed by atoms with Crippen LogP contribution in [0.4, 0.5) is 0 Å². The Morgan fingerprint density at radius 1 is 0.293 bits per heavy atom. The zero-order chi connectivity index (χ0) is 29.2. The van der Waals surface area contributed by atoms with Gasteiger partial charge < -0.3 is 5.73 Å². The Morgan fingerprint density at radius 3 is 0.683 bits per heavy atom. The molecule has 0 radical (unpaired) electrons. The topological polar surface area (TPSA) is 26.0 Å². The predicted molar refractivity (Wildman–Crippen MR) is 193 cm³/mol. The molecule has 0 fully saturated rings. The predicted octanol–water partition coefficient (Wildman–Crippen LogP) is 14.7. The van der Waals surface area contributed by atoms with Crippen LogP contribution in [-0.2, 0) is 0 Å². The molecule has 0 rings (SSSR count). The summed E-state index contributed by atoms with van der Waals surface area (Å²) in [6.07, 6.45) is 49.1. The highest BCUT2D eigenvalue weighted by Gasteiger charge is 2.27. The molecule has 0 aliphatic heterocycles. The highest BCUT2D eigenvalue weighted by Crippen LogP contribution is 2.40. The van der Waals surface area contributed by atoms with Gasteiger partial charge in [-0.1, -0.05) is 213 Å². The minimum atomic E-state index is 0. The van der Waals surface area contributed by atoms with Crippen LogP contribution >= 0.6 is 12.4 Å². The van der Waals surface area contributed by atoms with Crippen LogP contribution in [0.2, 0.25) is 0 Å². The van der Waals surface area contributed by atoms with Gasteiger partial charge in [0.1, 0.15) is 0 Å². The van der Waals surface area contributed by atoms with Gasteiger partial charge in [-0.3, -0.25) is 0 Å². The van der Waals surface area contributed by atoms with Gasteiger partial charge in [0, 0.05) is 0 Å². The zero-order valence-corrected chi connectivity index (χ0v) is 30.1. The molecule has 0 spiro atoms. The summed E-state index contributed by atoms with van der Waals surface area (Å²) in [6.45, 7) is 7.85. The Bertz CT molecular complexity index is 391. The molecule has 0 amide bonds. The van der Waals surface area contributed by atoms with Crippen molar-refractivity contribution < 1.29 is 0 Å². The van der Waals surface area contributed by atoms with E-state index in [-0.39, 0.29) is 12.4 Å². The van der Waals surface area contributed by atoms with E-state index >= 15 is 0 Å². The minimum Gasteiger partial charge on any atom is -0.330 e. The first-order chi connectivity index (χ1) is 19.7. The van der Waals surface area contributed by atoms with Gasteiger partial charge in [0.15, 0.2) is 0 Å². The molecule has 250 valence electrons. The van der Waals surface area contributed by atoms with E-state index in [0.717, 1.165) is 6.54 Å². The Balaban J connectivity index is 0. The van der Waals surface area contributed by atoms with Gasteiger partial charge in [0.2, 0.25) is 0 Å². The van der Waals surface area contributed by atoms with Crippen molar-refractivity contribution >= 4 is 12.4 Å². The molecular weight excluding hydrogens is 518 g/mol. The highest BCUT2D eigenvalue weighted by atomic mass is 35.5. The summed E-state index contributed by atoms with van der Waals surface area (Å²) in [4.78, 5) is 0. The fourth-order valence-corrected chi connectivity index (χ4v) is 7.02. The zero-order valence-electron chi connectivity index (χ0n) is 29.2. The van der Waals surface area contributed by atoms with Crippen molar-refractivity contribution in [2.45, 2.75) is 239 Å². The van der Waals surface area contributed by atoms with Gasteiger partial charge in [-0.15, -0.1) is 12.4 Å². The maximum atomic E-state index is 6.27. The Hall–Kier alpha value is 0.250. The smallest absolute Gasteiger partial charge is 0.00720 e. The number of hydrogen-bond acceptors (Lipinski definition) is 1. The fraction of sp³-hybridized carbons (Fsp3) is 1.00. The average molecular weight is 601 g/mol. The number of rotatable bonds is 35. The third kappa shape index (κ3) is 31.5. The summed E-state index contributed by atoms with van der Waals surface area (Å²) in [7, 11) is 0. The number of unbranched alkanes of at least 4 members (excludes halogenated alkanes) is 27. The molecule has 0 atom stereocenters. The van der Waals surface area contributed by atoms with E-state index in [9.17, 15) is 0 Å². The molecule has 2 heteroatoms. The highest BCUT2D eigenvalue weighted by molar-refractivity contribution is 5.85. The summed E-state index contributed by atoms with van der Waals surface area (Å²) < 4.78 is 0. The van der Waals surface area contributed by atoms with Gasteiger partial charge in [0.25, 0.3) is 0 Å². The molecule has 41 heavy (non-hydrogen) atoms. The monoisotopic (exact) mass is 600 g/mol. The fourth-order valence-electron chi connectivity index (χ4n) is 7.02. The van der Waals surface area contributed by atoms with Crippen molar-refractivity contribution in [2.24, 2.45) is 11.1 Å². The van der Waals surface area contributed by atoms with E-state index in [1.54, 1.807) is 0 Å².